The molecule has 0 radical (unpaired) electrons. The number of halogens is 2. The molecule has 1 aromatic heterocycles. The van der Waals surface area contributed by atoms with E-state index in [4.69, 9.17) is 21.4 Å². The fraction of sp³-hybridized carbons (Fsp3) is 0.600. The number of hydrogen-bond donors (Lipinski definition) is 3. The van der Waals surface area contributed by atoms with Gasteiger partial charge in [0.25, 0.3) is 10.7 Å². The molecule has 106 valence electrons. The van der Waals surface area contributed by atoms with E-state index in [1.807, 2.05) is 4.98 Å². The summed E-state index contributed by atoms with van der Waals surface area (Å²) in [6.07, 6.45) is -3.63. The molecule has 0 saturated carbocycles. The Hall–Kier alpha value is -1.22. The van der Waals surface area contributed by atoms with Crippen LogP contribution >= 0.6 is 11.6 Å². The Bertz CT molecular complexity index is 598. The zero-order valence-corrected chi connectivity index (χ0v) is 10.6. The quantitative estimate of drug-likeness (QED) is 0.607. The second kappa shape index (κ2) is 4.71. The molecule has 0 spiro atoms. The van der Waals surface area contributed by atoms with Crippen molar-refractivity contribution in [2.75, 3.05) is 6.61 Å². The van der Waals surface area contributed by atoms with E-state index in [-0.39, 0.29) is 5.56 Å². The number of rotatable bonds is 2. The van der Waals surface area contributed by atoms with Gasteiger partial charge in [-0.3, -0.25) is 14.3 Å². The van der Waals surface area contributed by atoms with Crippen LogP contribution in [-0.2, 0) is 4.74 Å². The lowest BCUT2D eigenvalue weighted by Crippen LogP contribution is -2.42. The van der Waals surface area contributed by atoms with Gasteiger partial charge in [0.05, 0.1) is 6.61 Å². The van der Waals surface area contributed by atoms with Crippen molar-refractivity contribution in [3.05, 3.63) is 32.6 Å². The van der Waals surface area contributed by atoms with E-state index < -0.39 is 41.4 Å². The van der Waals surface area contributed by atoms with Crippen molar-refractivity contribution in [3.8, 4) is 0 Å². The van der Waals surface area contributed by atoms with Crippen LogP contribution < -0.4 is 11.2 Å². The number of aliphatic hydroxyl groups excluding tert-OH is 2. The number of aromatic nitrogens is 2. The maximum atomic E-state index is 14.2. The highest BCUT2D eigenvalue weighted by Crippen LogP contribution is 2.43. The topological polar surface area (TPSA) is 105 Å². The van der Waals surface area contributed by atoms with E-state index in [1.54, 1.807) is 0 Å². The highest BCUT2D eigenvalue weighted by Gasteiger charge is 2.57. The number of aryl methyl sites for hydroxylation is 1. The van der Waals surface area contributed by atoms with Crippen molar-refractivity contribution >= 4 is 11.6 Å². The second-order valence-electron chi connectivity index (χ2n) is 4.31. The fourth-order valence-electron chi connectivity index (χ4n) is 1.88. The summed E-state index contributed by atoms with van der Waals surface area (Å²) in [5, 5.41) is 15.7. The zero-order valence-electron chi connectivity index (χ0n) is 9.84. The molecule has 1 aliphatic heterocycles. The van der Waals surface area contributed by atoms with Gasteiger partial charge < -0.3 is 14.9 Å². The Morgan fingerprint density at radius 3 is 2.79 bits per heavy atom. The molecular weight excluding hydrogens is 283 g/mol. The van der Waals surface area contributed by atoms with Crippen molar-refractivity contribution in [2.24, 2.45) is 0 Å². The molecular formula is C10H12ClFN2O5. The Morgan fingerprint density at radius 2 is 2.26 bits per heavy atom. The van der Waals surface area contributed by atoms with Crippen LogP contribution in [0.1, 0.15) is 11.8 Å². The summed E-state index contributed by atoms with van der Waals surface area (Å²) in [5.41, 5.74) is -1.38. The van der Waals surface area contributed by atoms with Crippen molar-refractivity contribution in [3.63, 3.8) is 0 Å². The van der Waals surface area contributed by atoms with Crippen LogP contribution in [0, 0.1) is 6.92 Å². The molecule has 2 rings (SSSR count). The van der Waals surface area contributed by atoms with Crippen LogP contribution in [0.5, 0.6) is 0 Å². The van der Waals surface area contributed by atoms with Crippen LogP contribution in [0.25, 0.3) is 0 Å². The first kappa shape index (κ1) is 14.2. The van der Waals surface area contributed by atoms with E-state index in [1.165, 1.54) is 6.92 Å². The number of nitrogens with one attached hydrogen (secondary N) is 1. The molecule has 2 heterocycles. The zero-order chi connectivity index (χ0) is 14.4. The lowest BCUT2D eigenvalue weighted by molar-refractivity contribution is -0.0518. The summed E-state index contributed by atoms with van der Waals surface area (Å²) < 4.78 is 20.0. The van der Waals surface area contributed by atoms with E-state index >= 15 is 0 Å². The third-order valence-corrected chi connectivity index (χ3v) is 3.37. The molecule has 1 saturated heterocycles. The summed E-state index contributed by atoms with van der Waals surface area (Å²) >= 11 is 5.55. The first-order chi connectivity index (χ1) is 8.78. The number of hydrogen-bond acceptors (Lipinski definition) is 5. The molecule has 0 unspecified atom stereocenters. The number of aromatic amines is 1. The minimum absolute atomic E-state index is 0.151. The fourth-order valence-corrected chi connectivity index (χ4v) is 2.18. The van der Waals surface area contributed by atoms with Gasteiger partial charge in [-0.15, -0.1) is 0 Å². The highest BCUT2D eigenvalue weighted by molar-refractivity contribution is 6.23. The van der Waals surface area contributed by atoms with Crippen LogP contribution in [0.3, 0.4) is 0 Å². The molecule has 0 aromatic carbocycles. The predicted octanol–water partition coefficient (Wildman–Crippen LogP) is -1.000. The SMILES string of the molecule is Cc1cn([C@@H]2O[C@H](CO)[C@@H](O)[C@]2(F)Cl)c(=O)[nH]c1=O. The van der Waals surface area contributed by atoms with Crippen LogP contribution in [-0.4, -0.2) is 43.7 Å². The van der Waals surface area contributed by atoms with Crippen molar-refractivity contribution in [1.29, 1.82) is 0 Å². The van der Waals surface area contributed by atoms with Crippen molar-refractivity contribution < 1.29 is 19.3 Å². The Kier molecular flexibility index (Phi) is 3.52. The van der Waals surface area contributed by atoms with Gasteiger partial charge in [-0.25, -0.2) is 9.18 Å². The van der Waals surface area contributed by atoms with E-state index in [2.05, 4.69) is 0 Å². The third-order valence-electron chi connectivity index (χ3n) is 2.96. The Labute approximate surface area is 111 Å². The summed E-state index contributed by atoms with van der Waals surface area (Å²) in [6.45, 7) is 0.755. The van der Waals surface area contributed by atoms with Gasteiger partial charge in [-0.05, 0) is 6.92 Å². The first-order valence-corrected chi connectivity index (χ1v) is 5.81. The second-order valence-corrected chi connectivity index (χ2v) is 4.89. The highest BCUT2D eigenvalue weighted by atomic mass is 35.5. The summed E-state index contributed by atoms with van der Waals surface area (Å²) in [4.78, 5) is 24.8. The summed E-state index contributed by atoms with van der Waals surface area (Å²) in [6, 6.07) is 0. The van der Waals surface area contributed by atoms with Crippen molar-refractivity contribution in [2.45, 2.75) is 30.5 Å². The van der Waals surface area contributed by atoms with Gasteiger partial charge >= 0.3 is 5.69 Å². The minimum Gasteiger partial charge on any atom is -0.394 e. The monoisotopic (exact) mass is 294 g/mol. The minimum atomic E-state index is -2.79. The average Bonchev–Trinajstić information content (AvgIpc) is 2.56. The van der Waals surface area contributed by atoms with Crippen molar-refractivity contribution in [1.82, 2.24) is 9.55 Å². The van der Waals surface area contributed by atoms with Gasteiger partial charge in [0.1, 0.15) is 12.2 Å². The summed E-state index contributed by atoms with van der Waals surface area (Å²) in [7, 11) is 0. The molecule has 0 bridgehead atoms. The molecule has 3 N–H and O–H groups in total. The number of aliphatic hydroxyl groups is 2. The maximum absolute atomic E-state index is 14.2. The van der Waals surface area contributed by atoms with E-state index in [0.29, 0.717) is 0 Å². The Balaban J connectivity index is 2.51. The molecule has 19 heavy (non-hydrogen) atoms. The number of ether oxygens (including phenoxy) is 1. The molecule has 1 fully saturated rings. The van der Waals surface area contributed by atoms with Gasteiger partial charge in [0, 0.05) is 11.8 Å². The molecule has 7 nitrogen and oxygen atoms in total. The van der Waals surface area contributed by atoms with Gasteiger partial charge in [-0.1, -0.05) is 11.6 Å². The van der Waals surface area contributed by atoms with Gasteiger partial charge in [-0.2, -0.15) is 0 Å². The lowest BCUT2D eigenvalue weighted by Gasteiger charge is -2.22. The average molecular weight is 295 g/mol. The molecule has 1 aliphatic rings. The smallest absolute Gasteiger partial charge is 0.330 e. The number of alkyl halides is 2. The normalized spacial score (nSPS) is 34.7. The largest absolute Gasteiger partial charge is 0.394 e. The first-order valence-electron chi connectivity index (χ1n) is 5.43. The van der Waals surface area contributed by atoms with Gasteiger partial charge in [0.2, 0.25) is 0 Å². The number of nitrogens with zero attached hydrogens (tertiary/aromatic N) is 1. The van der Waals surface area contributed by atoms with E-state index in [0.717, 1.165) is 10.8 Å². The molecule has 4 atom stereocenters. The predicted molar refractivity (Wildman–Crippen MR) is 62.8 cm³/mol. The molecule has 0 amide bonds. The van der Waals surface area contributed by atoms with Gasteiger partial charge in [0.15, 0.2) is 6.23 Å². The van der Waals surface area contributed by atoms with E-state index in [9.17, 15) is 19.1 Å². The number of H-pyrrole nitrogens is 1. The standard InChI is InChI=1S/C10H12ClFN2O5/c1-4-2-14(9(18)13-7(4)17)8-10(11,12)6(16)5(3-15)19-8/h2,5-6,8,15-16H,3H2,1H3,(H,13,17,18)/t5-,6-,8-,10-/m1/s1. The Morgan fingerprint density at radius 1 is 1.63 bits per heavy atom. The van der Waals surface area contributed by atoms with Crippen LogP contribution in [0.4, 0.5) is 4.39 Å². The molecule has 1 aromatic rings. The molecule has 9 heteroatoms. The summed E-state index contributed by atoms with van der Waals surface area (Å²) in [5.74, 6) is 0. The lowest BCUT2D eigenvalue weighted by atomic mass is 10.1. The van der Waals surface area contributed by atoms with Crippen LogP contribution in [0.2, 0.25) is 0 Å². The molecule has 0 aliphatic carbocycles. The third kappa shape index (κ3) is 2.20. The van der Waals surface area contributed by atoms with Crippen LogP contribution in [0.15, 0.2) is 15.8 Å². The maximum Gasteiger partial charge on any atom is 0.330 e.